The molecule has 3 heteroatoms. The Kier molecular flexibility index (Phi) is 4.53. The van der Waals surface area contributed by atoms with Gasteiger partial charge in [-0.05, 0) is 41.8 Å². The van der Waals surface area contributed by atoms with Crippen molar-refractivity contribution in [2.24, 2.45) is 0 Å². The van der Waals surface area contributed by atoms with Crippen LogP contribution in [0.4, 0.5) is 11.4 Å². The number of hydrogen-bond donors (Lipinski definition) is 1. The second-order valence-corrected chi connectivity index (χ2v) is 5.83. The Morgan fingerprint density at radius 1 is 0.810 bits per heavy atom. The lowest BCUT2D eigenvalue weighted by Gasteiger charge is -2.19. The SMILES string of the molecule is Cc1cc(C(O)c2ccc(N(C)C)cc2)ccc1N(C)C. The maximum absolute atomic E-state index is 10.5. The first-order chi connectivity index (χ1) is 9.90. The van der Waals surface area contributed by atoms with Gasteiger partial charge in [-0.1, -0.05) is 24.3 Å². The molecule has 0 bridgehead atoms. The summed E-state index contributed by atoms with van der Waals surface area (Å²) in [4.78, 5) is 4.13. The van der Waals surface area contributed by atoms with Gasteiger partial charge in [0.05, 0.1) is 0 Å². The predicted molar refractivity (Wildman–Crippen MR) is 90.3 cm³/mol. The maximum Gasteiger partial charge on any atom is 0.104 e. The standard InChI is InChI=1S/C18H24N2O/c1-13-12-15(8-11-17(13)20(4)5)18(21)14-6-9-16(10-7-14)19(2)3/h6-12,18,21H,1-5H3. The number of aliphatic hydroxyl groups is 1. The number of nitrogens with zero attached hydrogens (tertiary/aromatic N) is 2. The summed E-state index contributed by atoms with van der Waals surface area (Å²) in [5, 5.41) is 10.5. The molecule has 0 saturated carbocycles. The summed E-state index contributed by atoms with van der Waals surface area (Å²) in [6, 6.07) is 14.1. The van der Waals surface area contributed by atoms with Crippen molar-refractivity contribution < 1.29 is 5.11 Å². The van der Waals surface area contributed by atoms with E-state index in [1.807, 2.05) is 63.4 Å². The molecular formula is C18H24N2O. The van der Waals surface area contributed by atoms with Gasteiger partial charge in [0.1, 0.15) is 6.10 Å². The van der Waals surface area contributed by atoms with Crippen molar-refractivity contribution in [1.29, 1.82) is 0 Å². The van der Waals surface area contributed by atoms with Crippen LogP contribution < -0.4 is 9.80 Å². The van der Waals surface area contributed by atoms with Gasteiger partial charge in [0, 0.05) is 39.6 Å². The summed E-state index contributed by atoms with van der Waals surface area (Å²) >= 11 is 0. The smallest absolute Gasteiger partial charge is 0.104 e. The van der Waals surface area contributed by atoms with Crippen LogP contribution in [-0.4, -0.2) is 33.3 Å². The summed E-state index contributed by atoms with van der Waals surface area (Å²) in [7, 11) is 8.07. The Morgan fingerprint density at radius 2 is 1.38 bits per heavy atom. The fraction of sp³-hybridized carbons (Fsp3) is 0.333. The van der Waals surface area contributed by atoms with Crippen LogP contribution in [-0.2, 0) is 0 Å². The monoisotopic (exact) mass is 284 g/mol. The van der Waals surface area contributed by atoms with E-state index in [1.165, 1.54) is 11.3 Å². The first-order valence-corrected chi connectivity index (χ1v) is 7.13. The Bertz CT molecular complexity index is 603. The second-order valence-electron chi connectivity index (χ2n) is 5.83. The fourth-order valence-electron chi connectivity index (χ4n) is 2.50. The lowest BCUT2D eigenvalue weighted by atomic mass is 9.99. The van der Waals surface area contributed by atoms with Crippen molar-refractivity contribution >= 4 is 11.4 Å². The predicted octanol–water partition coefficient (Wildman–Crippen LogP) is 3.21. The molecule has 0 spiro atoms. The molecule has 2 aromatic carbocycles. The topological polar surface area (TPSA) is 26.7 Å². The number of aryl methyl sites for hydroxylation is 1. The third-order valence-electron chi connectivity index (χ3n) is 3.74. The summed E-state index contributed by atoms with van der Waals surface area (Å²) < 4.78 is 0. The molecule has 0 aliphatic heterocycles. The van der Waals surface area contributed by atoms with Crippen LogP contribution in [0.2, 0.25) is 0 Å². The molecule has 1 atom stereocenters. The molecule has 21 heavy (non-hydrogen) atoms. The highest BCUT2D eigenvalue weighted by Crippen LogP contribution is 2.27. The molecule has 0 saturated heterocycles. The number of benzene rings is 2. The highest BCUT2D eigenvalue weighted by Gasteiger charge is 2.12. The van der Waals surface area contributed by atoms with E-state index in [4.69, 9.17) is 0 Å². The molecule has 112 valence electrons. The van der Waals surface area contributed by atoms with Gasteiger partial charge >= 0.3 is 0 Å². The molecule has 2 aromatic rings. The normalized spacial score (nSPS) is 12.1. The van der Waals surface area contributed by atoms with Gasteiger partial charge in [-0.25, -0.2) is 0 Å². The molecule has 1 N–H and O–H groups in total. The van der Waals surface area contributed by atoms with Crippen LogP contribution >= 0.6 is 0 Å². The molecule has 0 amide bonds. The molecule has 0 aliphatic rings. The van der Waals surface area contributed by atoms with E-state index in [2.05, 4.69) is 24.0 Å². The van der Waals surface area contributed by atoms with Gasteiger partial charge in [-0.3, -0.25) is 0 Å². The zero-order valence-corrected chi connectivity index (χ0v) is 13.5. The minimum Gasteiger partial charge on any atom is -0.384 e. The average molecular weight is 284 g/mol. The lowest BCUT2D eigenvalue weighted by molar-refractivity contribution is 0.220. The molecule has 0 heterocycles. The maximum atomic E-state index is 10.5. The average Bonchev–Trinajstić information content (AvgIpc) is 2.46. The lowest BCUT2D eigenvalue weighted by Crippen LogP contribution is -2.11. The fourth-order valence-corrected chi connectivity index (χ4v) is 2.50. The number of hydrogen-bond acceptors (Lipinski definition) is 3. The quantitative estimate of drug-likeness (QED) is 0.934. The first-order valence-electron chi connectivity index (χ1n) is 7.13. The van der Waals surface area contributed by atoms with Crippen LogP contribution in [0.5, 0.6) is 0 Å². The van der Waals surface area contributed by atoms with Crippen molar-refractivity contribution in [1.82, 2.24) is 0 Å². The largest absolute Gasteiger partial charge is 0.384 e. The van der Waals surface area contributed by atoms with Crippen molar-refractivity contribution in [3.8, 4) is 0 Å². The van der Waals surface area contributed by atoms with Gasteiger partial charge < -0.3 is 14.9 Å². The summed E-state index contributed by atoms with van der Waals surface area (Å²) in [6.45, 7) is 2.07. The van der Waals surface area contributed by atoms with Crippen LogP contribution in [0.3, 0.4) is 0 Å². The van der Waals surface area contributed by atoms with Gasteiger partial charge in [-0.2, -0.15) is 0 Å². The minimum absolute atomic E-state index is 0.587. The Morgan fingerprint density at radius 3 is 1.86 bits per heavy atom. The van der Waals surface area contributed by atoms with Gasteiger partial charge in [0.15, 0.2) is 0 Å². The van der Waals surface area contributed by atoms with Crippen molar-refractivity contribution in [3.63, 3.8) is 0 Å². The third kappa shape index (κ3) is 3.37. The molecule has 0 fully saturated rings. The van der Waals surface area contributed by atoms with Gasteiger partial charge in [0.2, 0.25) is 0 Å². The van der Waals surface area contributed by atoms with Crippen LogP contribution in [0.15, 0.2) is 42.5 Å². The van der Waals surface area contributed by atoms with E-state index in [9.17, 15) is 5.11 Å². The number of anilines is 2. The van der Waals surface area contributed by atoms with E-state index in [1.54, 1.807) is 0 Å². The molecule has 2 rings (SSSR count). The Balaban J connectivity index is 2.27. The van der Waals surface area contributed by atoms with Crippen LogP contribution in [0, 0.1) is 6.92 Å². The summed E-state index contributed by atoms with van der Waals surface area (Å²) in [6.07, 6.45) is -0.587. The number of aliphatic hydroxyl groups excluding tert-OH is 1. The van der Waals surface area contributed by atoms with Crippen LogP contribution in [0.25, 0.3) is 0 Å². The molecule has 0 aromatic heterocycles. The van der Waals surface area contributed by atoms with E-state index < -0.39 is 6.10 Å². The zero-order valence-electron chi connectivity index (χ0n) is 13.5. The molecule has 3 nitrogen and oxygen atoms in total. The molecule has 0 radical (unpaired) electrons. The van der Waals surface area contributed by atoms with Crippen molar-refractivity contribution in [2.45, 2.75) is 13.0 Å². The Labute approximate surface area is 127 Å². The summed E-state index contributed by atoms with van der Waals surface area (Å²) in [5.74, 6) is 0. The van der Waals surface area contributed by atoms with Crippen molar-refractivity contribution in [3.05, 3.63) is 59.2 Å². The van der Waals surface area contributed by atoms with Crippen molar-refractivity contribution in [2.75, 3.05) is 38.0 Å². The van der Waals surface area contributed by atoms with E-state index in [0.717, 1.165) is 16.8 Å². The van der Waals surface area contributed by atoms with E-state index in [0.29, 0.717) is 0 Å². The van der Waals surface area contributed by atoms with Gasteiger partial charge in [-0.15, -0.1) is 0 Å². The summed E-state index contributed by atoms with van der Waals surface area (Å²) in [5.41, 5.74) is 5.31. The van der Waals surface area contributed by atoms with E-state index in [-0.39, 0.29) is 0 Å². The molecule has 0 aliphatic carbocycles. The number of rotatable bonds is 4. The second kappa shape index (κ2) is 6.19. The third-order valence-corrected chi connectivity index (χ3v) is 3.74. The zero-order chi connectivity index (χ0) is 15.6. The van der Waals surface area contributed by atoms with Crippen LogP contribution in [0.1, 0.15) is 22.8 Å². The Hall–Kier alpha value is -2.00. The van der Waals surface area contributed by atoms with Gasteiger partial charge in [0.25, 0.3) is 0 Å². The minimum atomic E-state index is -0.587. The highest BCUT2D eigenvalue weighted by atomic mass is 16.3. The molecule has 1 unspecified atom stereocenters. The van der Waals surface area contributed by atoms with E-state index >= 15 is 0 Å². The molecular weight excluding hydrogens is 260 g/mol. The highest BCUT2D eigenvalue weighted by molar-refractivity contribution is 5.54. The first kappa shape index (κ1) is 15.4.